The largest absolute Gasteiger partial charge is 0.497 e. The van der Waals surface area contributed by atoms with E-state index >= 15 is 0 Å². The van der Waals surface area contributed by atoms with Crippen molar-refractivity contribution in [3.8, 4) is 11.5 Å². The topological polar surface area (TPSA) is 78.2 Å². The molecule has 1 unspecified atom stereocenters. The Bertz CT molecular complexity index is 900. The molecule has 0 saturated carbocycles. The number of likely N-dealkylation sites (tertiary alicyclic amines) is 1. The first-order valence-electron chi connectivity index (χ1n) is 9.44. The van der Waals surface area contributed by atoms with Crippen molar-refractivity contribution in [2.75, 3.05) is 27.4 Å². The molecular formula is C22H25NO6. The molecule has 1 aliphatic heterocycles. The van der Waals surface area contributed by atoms with Gasteiger partial charge < -0.3 is 23.5 Å². The number of carbonyl (C=O) groups excluding carboxylic acids is 2. The Balaban J connectivity index is 1.63. The lowest BCUT2D eigenvalue weighted by molar-refractivity contribution is -0.148. The number of methoxy groups -OCH3 is 2. The Morgan fingerprint density at radius 1 is 1.21 bits per heavy atom. The van der Waals surface area contributed by atoms with Gasteiger partial charge in [0.1, 0.15) is 23.0 Å². The molecule has 0 spiro atoms. The molecule has 1 fully saturated rings. The van der Waals surface area contributed by atoms with Crippen LogP contribution in [0.25, 0.3) is 6.08 Å². The van der Waals surface area contributed by atoms with Crippen LogP contribution < -0.4 is 9.47 Å². The molecule has 1 aromatic heterocycles. The third-order valence-corrected chi connectivity index (χ3v) is 4.85. The zero-order valence-electron chi connectivity index (χ0n) is 16.8. The Morgan fingerprint density at radius 2 is 2.03 bits per heavy atom. The minimum atomic E-state index is -0.595. The van der Waals surface area contributed by atoms with Gasteiger partial charge in [-0.3, -0.25) is 4.79 Å². The molecule has 0 aliphatic carbocycles. The maximum atomic E-state index is 12.7. The number of ether oxygens (including phenoxy) is 3. The quantitative estimate of drug-likeness (QED) is 0.524. The summed E-state index contributed by atoms with van der Waals surface area (Å²) in [7, 11) is 3.20. The lowest BCUT2D eigenvalue weighted by Crippen LogP contribution is -2.34. The van der Waals surface area contributed by atoms with E-state index in [-0.39, 0.29) is 18.6 Å². The third kappa shape index (κ3) is 4.99. The molecule has 29 heavy (non-hydrogen) atoms. The van der Waals surface area contributed by atoms with Crippen LogP contribution in [0.3, 0.4) is 0 Å². The minimum Gasteiger partial charge on any atom is -0.497 e. The molecule has 1 aromatic carbocycles. The van der Waals surface area contributed by atoms with Crippen LogP contribution in [0.4, 0.5) is 0 Å². The van der Waals surface area contributed by atoms with Gasteiger partial charge in [0.05, 0.1) is 20.3 Å². The normalized spacial score (nSPS) is 16.2. The predicted molar refractivity (Wildman–Crippen MR) is 107 cm³/mol. The molecule has 7 nitrogen and oxygen atoms in total. The van der Waals surface area contributed by atoms with Crippen LogP contribution >= 0.6 is 0 Å². The Kier molecular flexibility index (Phi) is 6.59. The van der Waals surface area contributed by atoms with Crippen LogP contribution in [0.1, 0.15) is 36.0 Å². The second kappa shape index (κ2) is 9.32. The van der Waals surface area contributed by atoms with Crippen molar-refractivity contribution >= 4 is 18.0 Å². The summed E-state index contributed by atoms with van der Waals surface area (Å²) in [5.74, 6) is 1.86. The molecule has 2 aromatic rings. The van der Waals surface area contributed by atoms with Crippen LogP contribution in [0.15, 0.2) is 40.8 Å². The maximum Gasteiger partial charge on any atom is 0.331 e. The van der Waals surface area contributed by atoms with Crippen molar-refractivity contribution in [3.05, 3.63) is 53.5 Å². The van der Waals surface area contributed by atoms with Crippen LogP contribution in [0, 0.1) is 6.92 Å². The number of hydrogen-bond acceptors (Lipinski definition) is 6. The van der Waals surface area contributed by atoms with E-state index in [0.717, 1.165) is 24.2 Å². The molecule has 7 heteroatoms. The highest BCUT2D eigenvalue weighted by atomic mass is 16.5. The Labute approximate surface area is 169 Å². The first-order valence-corrected chi connectivity index (χ1v) is 9.44. The number of nitrogens with zero attached hydrogens (tertiary/aromatic N) is 1. The van der Waals surface area contributed by atoms with E-state index in [1.165, 1.54) is 12.2 Å². The zero-order chi connectivity index (χ0) is 20.8. The van der Waals surface area contributed by atoms with Gasteiger partial charge in [-0.25, -0.2) is 4.79 Å². The number of amides is 1. The van der Waals surface area contributed by atoms with E-state index in [1.807, 2.05) is 25.1 Å². The standard InChI is InChI=1S/C22H25NO6/c1-15-6-7-16(29-15)9-11-22(25)28-14-21(24)23-12-4-5-19(23)18-13-17(26-2)8-10-20(18)27-3/h6-11,13,19H,4-5,12,14H2,1-3H3/b11-9+. The number of furan rings is 1. The number of benzene rings is 1. The van der Waals surface area contributed by atoms with Crippen molar-refractivity contribution in [2.24, 2.45) is 0 Å². The summed E-state index contributed by atoms with van der Waals surface area (Å²) >= 11 is 0. The van der Waals surface area contributed by atoms with Gasteiger partial charge >= 0.3 is 5.97 Å². The first kappa shape index (κ1) is 20.5. The van der Waals surface area contributed by atoms with Crippen LogP contribution in [-0.2, 0) is 14.3 Å². The predicted octanol–water partition coefficient (Wildman–Crippen LogP) is 3.53. The average molecular weight is 399 g/mol. The van der Waals surface area contributed by atoms with E-state index in [0.29, 0.717) is 23.8 Å². The Morgan fingerprint density at radius 3 is 2.72 bits per heavy atom. The number of hydrogen-bond donors (Lipinski definition) is 0. The van der Waals surface area contributed by atoms with Crippen LogP contribution in [0.5, 0.6) is 11.5 Å². The molecule has 1 atom stereocenters. The fourth-order valence-corrected chi connectivity index (χ4v) is 3.45. The third-order valence-electron chi connectivity index (χ3n) is 4.85. The van der Waals surface area contributed by atoms with E-state index in [9.17, 15) is 9.59 Å². The van der Waals surface area contributed by atoms with Crippen LogP contribution in [-0.4, -0.2) is 44.1 Å². The van der Waals surface area contributed by atoms with Gasteiger partial charge in [-0.15, -0.1) is 0 Å². The van der Waals surface area contributed by atoms with Crippen molar-refractivity contribution in [2.45, 2.75) is 25.8 Å². The number of rotatable bonds is 7. The first-order chi connectivity index (χ1) is 14.0. The van der Waals surface area contributed by atoms with Gasteiger partial charge in [-0.2, -0.15) is 0 Å². The van der Waals surface area contributed by atoms with E-state index in [1.54, 1.807) is 31.3 Å². The van der Waals surface area contributed by atoms with Gasteiger partial charge in [0.25, 0.3) is 5.91 Å². The average Bonchev–Trinajstić information content (AvgIpc) is 3.39. The maximum absolute atomic E-state index is 12.7. The summed E-state index contributed by atoms with van der Waals surface area (Å²) in [5.41, 5.74) is 0.886. The minimum absolute atomic E-state index is 0.145. The van der Waals surface area contributed by atoms with Crippen molar-refractivity contribution < 1.29 is 28.2 Å². The van der Waals surface area contributed by atoms with Crippen LogP contribution in [0.2, 0.25) is 0 Å². The van der Waals surface area contributed by atoms with E-state index < -0.39 is 5.97 Å². The van der Waals surface area contributed by atoms with E-state index in [2.05, 4.69) is 0 Å². The van der Waals surface area contributed by atoms with Crippen molar-refractivity contribution in [1.29, 1.82) is 0 Å². The summed E-state index contributed by atoms with van der Waals surface area (Å²) in [6.07, 6.45) is 4.43. The fourth-order valence-electron chi connectivity index (χ4n) is 3.45. The number of esters is 1. The molecular weight excluding hydrogens is 374 g/mol. The van der Waals surface area contributed by atoms with Gasteiger partial charge in [0.2, 0.25) is 0 Å². The molecule has 0 bridgehead atoms. The highest BCUT2D eigenvalue weighted by Gasteiger charge is 2.32. The molecule has 0 N–H and O–H groups in total. The molecule has 154 valence electrons. The monoisotopic (exact) mass is 399 g/mol. The van der Waals surface area contributed by atoms with Crippen molar-refractivity contribution in [1.82, 2.24) is 4.90 Å². The highest BCUT2D eigenvalue weighted by Crippen LogP contribution is 2.38. The molecule has 2 heterocycles. The summed E-state index contributed by atoms with van der Waals surface area (Å²) in [6, 6.07) is 8.94. The summed E-state index contributed by atoms with van der Waals surface area (Å²) in [5, 5.41) is 0. The number of aryl methyl sites for hydroxylation is 1. The van der Waals surface area contributed by atoms with Gasteiger partial charge in [0.15, 0.2) is 6.61 Å². The summed E-state index contributed by atoms with van der Waals surface area (Å²) in [4.78, 5) is 26.3. The number of carbonyl (C=O) groups is 2. The molecule has 1 amide bonds. The zero-order valence-corrected chi connectivity index (χ0v) is 16.8. The summed E-state index contributed by atoms with van der Waals surface area (Å²) < 4.78 is 21.2. The molecule has 1 saturated heterocycles. The summed E-state index contributed by atoms with van der Waals surface area (Å²) in [6.45, 7) is 2.10. The molecule has 0 radical (unpaired) electrons. The second-order valence-corrected chi connectivity index (χ2v) is 6.74. The van der Waals surface area contributed by atoms with Gasteiger partial charge in [-0.1, -0.05) is 0 Å². The smallest absolute Gasteiger partial charge is 0.331 e. The molecule has 3 rings (SSSR count). The van der Waals surface area contributed by atoms with E-state index in [4.69, 9.17) is 18.6 Å². The van der Waals surface area contributed by atoms with Gasteiger partial charge in [0, 0.05) is 18.2 Å². The molecule has 1 aliphatic rings. The van der Waals surface area contributed by atoms with Gasteiger partial charge in [-0.05, 0) is 56.2 Å². The lowest BCUT2D eigenvalue weighted by atomic mass is 10.0. The highest BCUT2D eigenvalue weighted by molar-refractivity contribution is 5.89. The SMILES string of the molecule is COc1ccc(OC)c(C2CCCN2C(=O)COC(=O)/C=C/c2ccc(C)o2)c1. The Hall–Kier alpha value is -3.22. The van der Waals surface area contributed by atoms with Crippen molar-refractivity contribution in [3.63, 3.8) is 0 Å². The second-order valence-electron chi connectivity index (χ2n) is 6.74. The fraction of sp³-hybridized carbons (Fsp3) is 0.364. The lowest BCUT2D eigenvalue weighted by Gasteiger charge is -2.26.